The molecule has 10 heteroatoms. The van der Waals surface area contributed by atoms with E-state index in [9.17, 15) is 18.4 Å². The SMILES string of the molecule is CNCc1c(NC(C)C)ccc(NC(=O)c2ccc(=O)n(-c3c(F)cccc3F)n2)c1N1CCC2(CC2)C1. The van der Waals surface area contributed by atoms with E-state index in [4.69, 9.17) is 0 Å². The van der Waals surface area contributed by atoms with Crippen LogP contribution in [0.1, 0.15) is 49.2 Å². The van der Waals surface area contributed by atoms with Crippen LogP contribution in [-0.2, 0) is 6.54 Å². The van der Waals surface area contributed by atoms with Crippen molar-refractivity contribution in [1.29, 1.82) is 0 Å². The minimum Gasteiger partial charge on any atom is -0.383 e. The molecule has 1 aromatic heterocycles. The van der Waals surface area contributed by atoms with Crippen LogP contribution in [0.25, 0.3) is 5.69 Å². The van der Waals surface area contributed by atoms with E-state index in [0.717, 1.165) is 54.6 Å². The lowest BCUT2D eigenvalue weighted by atomic mass is 10.1. The second-order valence-corrected chi connectivity index (χ2v) is 10.5. The highest BCUT2D eigenvalue weighted by Crippen LogP contribution is 2.54. The number of rotatable bonds is 8. The lowest BCUT2D eigenvalue weighted by Crippen LogP contribution is -2.28. The lowest BCUT2D eigenvalue weighted by molar-refractivity contribution is 0.102. The van der Waals surface area contributed by atoms with Crippen molar-refractivity contribution in [1.82, 2.24) is 15.1 Å². The molecule has 2 fully saturated rings. The highest BCUT2D eigenvalue weighted by Gasteiger charge is 2.48. The molecule has 1 saturated heterocycles. The summed E-state index contributed by atoms with van der Waals surface area (Å²) in [4.78, 5) is 28.1. The van der Waals surface area contributed by atoms with Gasteiger partial charge in [0.15, 0.2) is 11.6 Å². The van der Waals surface area contributed by atoms with Crippen molar-refractivity contribution in [2.24, 2.45) is 5.41 Å². The molecular formula is C28H32F2N6O2. The van der Waals surface area contributed by atoms with Gasteiger partial charge < -0.3 is 20.9 Å². The van der Waals surface area contributed by atoms with Gasteiger partial charge in [0, 0.05) is 43.0 Å². The third-order valence-corrected chi connectivity index (χ3v) is 7.22. The summed E-state index contributed by atoms with van der Waals surface area (Å²) in [5.74, 6) is -2.49. The number of anilines is 3. The summed E-state index contributed by atoms with van der Waals surface area (Å²) in [7, 11) is 1.88. The van der Waals surface area contributed by atoms with Gasteiger partial charge in [-0.3, -0.25) is 9.59 Å². The second kappa shape index (κ2) is 10.2. The molecule has 0 unspecified atom stereocenters. The fraction of sp³-hybridized carbons (Fsp3) is 0.393. The monoisotopic (exact) mass is 522 g/mol. The summed E-state index contributed by atoms with van der Waals surface area (Å²) in [6.07, 6.45) is 3.55. The van der Waals surface area contributed by atoms with Crippen LogP contribution >= 0.6 is 0 Å². The lowest BCUT2D eigenvalue weighted by Gasteiger charge is -2.28. The highest BCUT2D eigenvalue weighted by molar-refractivity contribution is 6.05. The number of aromatic nitrogens is 2. The molecule has 2 heterocycles. The Morgan fingerprint density at radius 1 is 1.03 bits per heavy atom. The first-order chi connectivity index (χ1) is 18.2. The van der Waals surface area contributed by atoms with Crippen LogP contribution in [0.4, 0.5) is 25.8 Å². The van der Waals surface area contributed by atoms with E-state index in [0.29, 0.717) is 22.3 Å². The molecule has 5 rings (SSSR count). The van der Waals surface area contributed by atoms with Crippen LogP contribution in [-0.4, -0.2) is 41.9 Å². The number of para-hydroxylation sites is 1. The van der Waals surface area contributed by atoms with E-state index < -0.39 is 28.8 Å². The molecule has 0 atom stereocenters. The minimum atomic E-state index is -0.951. The fourth-order valence-corrected chi connectivity index (χ4v) is 5.18. The third kappa shape index (κ3) is 5.00. The Balaban J connectivity index is 1.53. The average molecular weight is 523 g/mol. The maximum Gasteiger partial charge on any atom is 0.276 e. The van der Waals surface area contributed by atoms with Gasteiger partial charge in [0.25, 0.3) is 11.5 Å². The number of nitrogens with zero attached hydrogens (tertiary/aromatic N) is 3. The molecule has 1 saturated carbocycles. The Labute approximate surface area is 220 Å². The van der Waals surface area contributed by atoms with E-state index in [1.807, 2.05) is 19.2 Å². The summed E-state index contributed by atoms with van der Waals surface area (Å²) >= 11 is 0. The van der Waals surface area contributed by atoms with Gasteiger partial charge in [-0.25, -0.2) is 8.78 Å². The molecule has 0 bridgehead atoms. The Morgan fingerprint density at radius 3 is 2.37 bits per heavy atom. The third-order valence-electron chi connectivity index (χ3n) is 7.22. The van der Waals surface area contributed by atoms with Gasteiger partial charge in [0.05, 0.1) is 11.4 Å². The molecule has 0 radical (unpaired) electrons. The Hall–Kier alpha value is -3.79. The molecule has 200 valence electrons. The zero-order chi connectivity index (χ0) is 27.0. The molecule has 3 aromatic rings. The van der Waals surface area contributed by atoms with Crippen LogP contribution in [0, 0.1) is 17.0 Å². The molecule has 8 nitrogen and oxygen atoms in total. The van der Waals surface area contributed by atoms with Crippen LogP contribution in [0.2, 0.25) is 0 Å². The molecule has 2 aliphatic rings. The van der Waals surface area contributed by atoms with Crippen LogP contribution in [0.15, 0.2) is 47.3 Å². The summed E-state index contributed by atoms with van der Waals surface area (Å²) in [5.41, 5.74) is 2.43. The van der Waals surface area contributed by atoms with E-state index in [2.05, 4.69) is 39.8 Å². The number of carbonyl (C=O) groups excluding carboxylic acids is 1. The predicted molar refractivity (Wildman–Crippen MR) is 144 cm³/mol. The fourth-order valence-electron chi connectivity index (χ4n) is 5.18. The van der Waals surface area contributed by atoms with Gasteiger partial charge in [0.1, 0.15) is 11.4 Å². The zero-order valence-corrected chi connectivity index (χ0v) is 21.8. The number of hydrogen-bond donors (Lipinski definition) is 3. The summed E-state index contributed by atoms with van der Waals surface area (Å²) < 4.78 is 29.3. The molecule has 1 aliphatic carbocycles. The Kier molecular flexibility index (Phi) is 6.92. The number of hydrogen-bond acceptors (Lipinski definition) is 6. The molecule has 2 aromatic carbocycles. The molecule has 1 spiro atoms. The van der Waals surface area contributed by atoms with Gasteiger partial charge in [0.2, 0.25) is 0 Å². The van der Waals surface area contributed by atoms with Gasteiger partial charge in [-0.15, -0.1) is 0 Å². The molecule has 38 heavy (non-hydrogen) atoms. The smallest absolute Gasteiger partial charge is 0.276 e. The van der Waals surface area contributed by atoms with E-state index in [-0.39, 0.29) is 11.7 Å². The van der Waals surface area contributed by atoms with Crippen LogP contribution in [0.3, 0.4) is 0 Å². The minimum absolute atomic E-state index is 0.141. The number of nitrogens with one attached hydrogen (secondary N) is 3. The average Bonchev–Trinajstić information content (AvgIpc) is 3.50. The summed E-state index contributed by atoms with van der Waals surface area (Å²) in [6, 6.07) is 9.62. The molecule has 3 N–H and O–H groups in total. The van der Waals surface area contributed by atoms with Gasteiger partial charge in [-0.2, -0.15) is 9.78 Å². The van der Waals surface area contributed by atoms with Crippen molar-refractivity contribution < 1.29 is 13.6 Å². The van der Waals surface area contributed by atoms with Crippen LogP contribution < -0.4 is 26.4 Å². The van der Waals surface area contributed by atoms with Gasteiger partial charge in [-0.05, 0) is 75.9 Å². The van der Waals surface area contributed by atoms with E-state index in [1.165, 1.54) is 25.0 Å². The maximum absolute atomic E-state index is 14.4. The summed E-state index contributed by atoms with van der Waals surface area (Å²) in [6.45, 7) is 6.56. The largest absolute Gasteiger partial charge is 0.383 e. The first-order valence-electron chi connectivity index (χ1n) is 12.9. The number of halogens is 2. The van der Waals surface area contributed by atoms with Crippen molar-refractivity contribution in [3.05, 3.63) is 75.7 Å². The van der Waals surface area contributed by atoms with Gasteiger partial charge >= 0.3 is 0 Å². The van der Waals surface area contributed by atoms with Gasteiger partial charge in [-0.1, -0.05) is 6.07 Å². The number of amides is 1. The quantitative estimate of drug-likeness (QED) is 0.409. The number of benzene rings is 2. The van der Waals surface area contributed by atoms with Crippen molar-refractivity contribution >= 4 is 23.0 Å². The molecule has 1 aliphatic heterocycles. The van der Waals surface area contributed by atoms with Crippen molar-refractivity contribution in [2.45, 2.75) is 45.7 Å². The normalized spacial score (nSPS) is 15.8. The Morgan fingerprint density at radius 2 is 1.74 bits per heavy atom. The summed E-state index contributed by atoms with van der Waals surface area (Å²) in [5, 5.41) is 13.7. The van der Waals surface area contributed by atoms with Crippen molar-refractivity contribution in [3.8, 4) is 5.69 Å². The first-order valence-corrected chi connectivity index (χ1v) is 12.9. The zero-order valence-electron chi connectivity index (χ0n) is 21.8. The highest BCUT2D eigenvalue weighted by atomic mass is 19.1. The van der Waals surface area contributed by atoms with Crippen LogP contribution in [0.5, 0.6) is 0 Å². The predicted octanol–water partition coefficient (Wildman–Crippen LogP) is 4.29. The molecular weight excluding hydrogens is 490 g/mol. The van der Waals surface area contributed by atoms with Crippen molar-refractivity contribution in [2.75, 3.05) is 35.7 Å². The second-order valence-electron chi connectivity index (χ2n) is 10.5. The topological polar surface area (TPSA) is 91.3 Å². The maximum atomic E-state index is 14.4. The number of carbonyl (C=O) groups is 1. The van der Waals surface area contributed by atoms with Crippen molar-refractivity contribution in [3.63, 3.8) is 0 Å². The van der Waals surface area contributed by atoms with E-state index >= 15 is 0 Å². The molecule has 1 amide bonds. The first kappa shape index (κ1) is 25.8. The standard InChI is InChI=1S/C28H32F2N6O2/c1-17(2)32-21-7-8-22(25(18(21)15-31-3)35-14-13-28(16-35)11-12-28)33-27(38)23-9-10-24(37)36(34-23)26-19(29)5-4-6-20(26)30/h4-10,17,31-32H,11-16H2,1-3H3,(H,33,38). The Bertz CT molecular complexity index is 1410. The van der Waals surface area contributed by atoms with E-state index in [1.54, 1.807) is 0 Å².